The monoisotopic (exact) mass is 463 g/mol. The summed E-state index contributed by atoms with van der Waals surface area (Å²) in [7, 11) is 1.49. The van der Waals surface area contributed by atoms with Crippen LogP contribution in [-0.4, -0.2) is 21.9 Å². The van der Waals surface area contributed by atoms with Gasteiger partial charge in [-0.15, -0.1) is 0 Å². The quantitative estimate of drug-likeness (QED) is 0.318. The highest BCUT2D eigenvalue weighted by Crippen LogP contribution is 2.40. The topological polar surface area (TPSA) is 39.9 Å². The summed E-state index contributed by atoms with van der Waals surface area (Å²) in [6, 6.07) is 11.5. The Kier molecular flexibility index (Phi) is 5.61. The Morgan fingerprint density at radius 1 is 0.788 bits per heavy atom. The molecule has 0 saturated carbocycles. The number of ether oxygens (including phenoxy) is 1. The average Bonchev–Trinajstić information content (AvgIpc) is 3.27. The SMILES string of the molecule is COc1ccccc1-c1ccncc1-n1nccc1-c1cc(C(F)(F)F)cc(C(F)(F)F)c1. The van der Waals surface area contributed by atoms with E-state index < -0.39 is 23.5 Å². The largest absolute Gasteiger partial charge is 0.496 e. The first-order valence-electron chi connectivity index (χ1n) is 9.51. The standard InChI is InChI=1S/C23H15F6N3O/c1-33-21-5-3-2-4-18(21)17-6-8-30-13-20(17)32-19(7-9-31-32)14-10-15(22(24,25)26)12-16(11-14)23(27,28)29/h2-13H,1H3. The van der Waals surface area contributed by atoms with E-state index >= 15 is 0 Å². The minimum Gasteiger partial charge on any atom is -0.496 e. The third-order valence-corrected chi connectivity index (χ3v) is 4.95. The van der Waals surface area contributed by atoms with Gasteiger partial charge >= 0.3 is 12.4 Å². The molecule has 0 aliphatic rings. The fourth-order valence-electron chi connectivity index (χ4n) is 3.47. The number of methoxy groups -OCH3 is 1. The van der Waals surface area contributed by atoms with E-state index in [1.165, 1.54) is 36.4 Å². The number of halogens is 6. The molecule has 0 fully saturated rings. The summed E-state index contributed by atoms with van der Waals surface area (Å²) in [4.78, 5) is 4.07. The number of benzene rings is 2. The van der Waals surface area contributed by atoms with Crippen LogP contribution in [0.5, 0.6) is 5.75 Å². The lowest BCUT2D eigenvalue weighted by atomic mass is 10.0. The fraction of sp³-hybridized carbons (Fsp3) is 0.130. The molecule has 0 unspecified atom stereocenters. The molecule has 4 nitrogen and oxygen atoms in total. The van der Waals surface area contributed by atoms with Gasteiger partial charge in [-0.3, -0.25) is 4.98 Å². The zero-order chi connectivity index (χ0) is 23.8. The van der Waals surface area contributed by atoms with Crippen LogP contribution in [0.15, 0.2) is 73.2 Å². The number of pyridine rings is 1. The third kappa shape index (κ3) is 4.41. The molecule has 0 aliphatic heterocycles. The first-order chi connectivity index (χ1) is 15.6. The molecular formula is C23H15F6N3O. The van der Waals surface area contributed by atoms with Crippen molar-refractivity contribution >= 4 is 0 Å². The average molecular weight is 463 g/mol. The summed E-state index contributed by atoms with van der Waals surface area (Å²) in [5, 5.41) is 4.16. The molecule has 0 N–H and O–H groups in total. The molecule has 2 aromatic carbocycles. The van der Waals surface area contributed by atoms with Crippen LogP contribution < -0.4 is 4.74 Å². The molecule has 0 aliphatic carbocycles. The highest BCUT2D eigenvalue weighted by Gasteiger charge is 2.37. The highest BCUT2D eigenvalue weighted by atomic mass is 19.4. The Hall–Kier alpha value is -3.82. The van der Waals surface area contributed by atoms with Gasteiger partial charge in [0.2, 0.25) is 0 Å². The molecule has 0 saturated heterocycles. The van der Waals surface area contributed by atoms with Crippen molar-refractivity contribution in [2.24, 2.45) is 0 Å². The summed E-state index contributed by atoms with van der Waals surface area (Å²) < 4.78 is 86.8. The minimum absolute atomic E-state index is 0.0377. The zero-order valence-corrected chi connectivity index (χ0v) is 16.9. The molecule has 0 bridgehead atoms. The Labute approximate surface area is 184 Å². The molecule has 4 rings (SSSR count). The second-order valence-electron chi connectivity index (χ2n) is 7.02. The van der Waals surface area contributed by atoms with Gasteiger partial charge in [-0.2, -0.15) is 31.4 Å². The number of para-hydroxylation sites is 1. The number of alkyl halides is 6. The predicted molar refractivity (Wildman–Crippen MR) is 109 cm³/mol. The molecule has 0 radical (unpaired) electrons. The van der Waals surface area contributed by atoms with Gasteiger partial charge in [0.15, 0.2) is 0 Å². The lowest BCUT2D eigenvalue weighted by Gasteiger charge is -2.17. The lowest BCUT2D eigenvalue weighted by molar-refractivity contribution is -0.143. The Morgan fingerprint density at radius 2 is 1.45 bits per heavy atom. The van der Waals surface area contributed by atoms with Crippen molar-refractivity contribution in [1.82, 2.24) is 14.8 Å². The van der Waals surface area contributed by atoms with Gasteiger partial charge in [-0.1, -0.05) is 18.2 Å². The van der Waals surface area contributed by atoms with Gasteiger partial charge in [0.1, 0.15) is 5.75 Å². The number of nitrogens with zero attached hydrogens (tertiary/aromatic N) is 3. The minimum atomic E-state index is -4.96. The van der Waals surface area contributed by atoms with Gasteiger partial charge in [0.05, 0.1) is 42.0 Å². The van der Waals surface area contributed by atoms with Crippen LogP contribution in [0.4, 0.5) is 26.3 Å². The first kappa shape index (κ1) is 22.4. The third-order valence-electron chi connectivity index (χ3n) is 4.95. The summed E-state index contributed by atoms with van der Waals surface area (Å²) in [5.41, 5.74) is -1.48. The van der Waals surface area contributed by atoms with Crippen LogP contribution in [0.25, 0.3) is 28.1 Å². The molecule has 10 heteroatoms. The van der Waals surface area contributed by atoms with E-state index in [1.54, 1.807) is 30.3 Å². The number of aromatic nitrogens is 3. The van der Waals surface area contributed by atoms with E-state index in [2.05, 4.69) is 10.1 Å². The normalized spacial score (nSPS) is 12.1. The van der Waals surface area contributed by atoms with Gasteiger partial charge in [-0.25, -0.2) is 4.68 Å². The molecule has 2 heterocycles. The van der Waals surface area contributed by atoms with Gasteiger partial charge in [0.25, 0.3) is 0 Å². The van der Waals surface area contributed by atoms with Crippen molar-refractivity contribution in [3.8, 4) is 33.8 Å². The molecule has 170 valence electrons. The summed E-state index contributed by atoms with van der Waals surface area (Å²) >= 11 is 0. The van der Waals surface area contributed by atoms with Gasteiger partial charge in [-0.05, 0) is 36.4 Å². The van der Waals surface area contributed by atoms with Crippen LogP contribution in [-0.2, 0) is 12.4 Å². The van der Waals surface area contributed by atoms with Crippen molar-refractivity contribution in [2.45, 2.75) is 12.4 Å². The summed E-state index contributed by atoms with van der Waals surface area (Å²) in [6.07, 6.45) is -5.69. The van der Waals surface area contributed by atoms with Crippen molar-refractivity contribution in [3.05, 3.63) is 84.3 Å². The van der Waals surface area contributed by atoms with Crippen LogP contribution in [0.3, 0.4) is 0 Å². The van der Waals surface area contributed by atoms with Crippen molar-refractivity contribution in [3.63, 3.8) is 0 Å². The van der Waals surface area contributed by atoms with E-state index in [1.807, 2.05) is 0 Å². The predicted octanol–water partition coefficient (Wildman–Crippen LogP) is 6.65. The van der Waals surface area contributed by atoms with Crippen LogP contribution in [0, 0.1) is 0 Å². The Balaban J connectivity index is 1.93. The van der Waals surface area contributed by atoms with Crippen LogP contribution in [0.1, 0.15) is 11.1 Å². The van der Waals surface area contributed by atoms with E-state index in [4.69, 9.17) is 4.74 Å². The van der Waals surface area contributed by atoms with Gasteiger partial charge < -0.3 is 4.74 Å². The second-order valence-corrected chi connectivity index (χ2v) is 7.02. The molecule has 0 amide bonds. The Bertz CT molecular complexity index is 1260. The number of hydrogen-bond donors (Lipinski definition) is 0. The van der Waals surface area contributed by atoms with Gasteiger partial charge in [0, 0.05) is 22.9 Å². The summed E-state index contributed by atoms with van der Waals surface area (Å²) in [6.45, 7) is 0. The zero-order valence-electron chi connectivity index (χ0n) is 16.9. The first-order valence-corrected chi connectivity index (χ1v) is 9.51. The molecule has 0 spiro atoms. The van der Waals surface area contributed by atoms with E-state index in [9.17, 15) is 26.3 Å². The van der Waals surface area contributed by atoms with Crippen molar-refractivity contribution in [2.75, 3.05) is 7.11 Å². The second kappa shape index (κ2) is 8.27. The van der Waals surface area contributed by atoms with E-state index in [-0.39, 0.29) is 17.3 Å². The van der Waals surface area contributed by atoms with Crippen molar-refractivity contribution < 1.29 is 31.1 Å². The summed E-state index contributed by atoms with van der Waals surface area (Å²) in [5.74, 6) is 0.525. The smallest absolute Gasteiger partial charge is 0.416 e. The van der Waals surface area contributed by atoms with Crippen LogP contribution in [0.2, 0.25) is 0 Å². The van der Waals surface area contributed by atoms with Crippen LogP contribution >= 0.6 is 0 Å². The molecule has 33 heavy (non-hydrogen) atoms. The van der Waals surface area contributed by atoms with E-state index in [0.717, 1.165) is 0 Å². The maximum atomic E-state index is 13.4. The molecule has 0 atom stereocenters. The molecular weight excluding hydrogens is 448 g/mol. The van der Waals surface area contributed by atoms with Crippen molar-refractivity contribution in [1.29, 1.82) is 0 Å². The maximum Gasteiger partial charge on any atom is 0.416 e. The number of hydrogen-bond acceptors (Lipinski definition) is 3. The molecule has 4 aromatic rings. The van der Waals surface area contributed by atoms with E-state index in [0.29, 0.717) is 34.7 Å². The fourth-order valence-corrected chi connectivity index (χ4v) is 3.47. The lowest BCUT2D eigenvalue weighted by Crippen LogP contribution is -2.11. The maximum absolute atomic E-state index is 13.4. The Morgan fingerprint density at radius 3 is 2.09 bits per heavy atom. The number of rotatable bonds is 4. The molecule has 2 aromatic heterocycles. The highest BCUT2D eigenvalue weighted by molar-refractivity contribution is 5.78.